The van der Waals surface area contributed by atoms with Crippen LogP contribution in [-0.2, 0) is 9.59 Å². The summed E-state index contributed by atoms with van der Waals surface area (Å²) in [6.45, 7) is 4.14. The highest BCUT2D eigenvalue weighted by Gasteiger charge is 2.20. The molecule has 0 aliphatic carbocycles. The second kappa shape index (κ2) is 7.30. The maximum atomic E-state index is 11.5. The molecule has 0 saturated carbocycles. The Labute approximate surface area is 138 Å². The van der Waals surface area contributed by atoms with Gasteiger partial charge in [-0.2, -0.15) is 0 Å². The maximum absolute atomic E-state index is 11.5. The zero-order valence-electron chi connectivity index (χ0n) is 13.4. The summed E-state index contributed by atoms with van der Waals surface area (Å²) >= 11 is 0. The third kappa shape index (κ3) is 3.71. The van der Waals surface area contributed by atoms with Gasteiger partial charge in [0.1, 0.15) is 11.5 Å². The van der Waals surface area contributed by atoms with Crippen molar-refractivity contribution in [2.75, 3.05) is 0 Å². The predicted octanol–water partition coefficient (Wildman–Crippen LogP) is 4.45. The zero-order valence-corrected chi connectivity index (χ0v) is 13.4. The Morgan fingerprint density at radius 1 is 1.08 bits per heavy atom. The number of carbonyl (C=O) groups is 2. The Hall–Kier alpha value is -3.31. The summed E-state index contributed by atoms with van der Waals surface area (Å²) in [5, 5.41) is 3.63. The van der Waals surface area contributed by atoms with E-state index in [9.17, 15) is 9.59 Å². The monoisotopic (exact) mass is 325 g/mol. The van der Waals surface area contributed by atoms with Gasteiger partial charge in [-0.25, -0.2) is 0 Å². The normalized spacial score (nSPS) is 9.79. The summed E-state index contributed by atoms with van der Waals surface area (Å²) < 4.78 is 10.5. The molecule has 0 saturated heterocycles. The molecule has 0 atom stereocenters. The Morgan fingerprint density at radius 3 is 2.25 bits per heavy atom. The topological polar surface area (TPSA) is 101 Å². The van der Waals surface area contributed by atoms with Gasteiger partial charge in [0.2, 0.25) is 0 Å². The van der Waals surface area contributed by atoms with Crippen molar-refractivity contribution in [1.29, 1.82) is 0 Å². The number of esters is 2. The Morgan fingerprint density at radius 2 is 1.71 bits per heavy atom. The first kappa shape index (κ1) is 17.1. The third-order valence-corrected chi connectivity index (χ3v) is 3.19. The Kier molecular flexibility index (Phi) is 5.19. The quantitative estimate of drug-likeness (QED) is 0.272. The van der Waals surface area contributed by atoms with E-state index in [-0.39, 0.29) is 17.2 Å². The van der Waals surface area contributed by atoms with E-state index >= 15 is 0 Å². The minimum Gasteiger partial charge on any atom is -0.426 e. The van der Waals surface area contributed by atoms with Crippen LogP contribution in [0.3, 0.4) is 0 Å². The second-order valence-electron chi connectivity index (χ2n) is 4.97. The number of carbonyl (C=O) groups excluding carboxylic acids is 2. The van der Waals surface area contributed by atoms with Crippen molar-refractivity contribution in [2.24, 2.45) is 5.11 Å². The zero-order chi connectivity index (χ0) is 17.7. The lowest BCUT2D eigenvalue weighted by molar-refractivity contribution is -0.133. The van der Waals surface area contributed by atoms with Crippen LogP contribution in [0.1, 0.15) is 19.4 Å². The minimum atomic E-state index is -0.554. The van der Waals surface area contributed by atoms with E-state index < -0.39 is 11.9 Å². The fraction of sp³-hybridized carbons (Fsp3) is 0.176. The molecular weight excluding hydrogens is 310 g/mol. The van der Waals surface area contributed by atoms with Gasteiger partial charge in [-0.3, -0.25) is 9.59 Å². The average molecular weight is 325 g/mol. The van der Waals surface area contributed by atoms with E-state index in [0.717, 1.165) is 5.56 Å². The van der Waals surface area contributed by atoms with Crippen molar-refractivity contribution in [2.45, 2.75) is 20.8 Å². The molecule has 0 heterocycles. The van der Waals surface area contributed by atoms with E-state index in [1.54, 1.807) is 25.1 Å². The van der Waals surface area contributed by atoms with Crippen LogP contribution < -0.4 is 9.47 Å². The number of hydrogen-bond donors (Lipinski definition) is 0. The summed E-state index contributed by atoms with van der Waals surface area (Å²) in [6, 6.07) is 10.6. The fourth-order valence-electron chi connectivity index (χ4n) is 2.22. The van der Waals surface area contributed by atoms with Crippen LogP contribution in [-0.4, -0.2) is 11.9 Å². The molecule has 7 nitrogen and oxygen atoms in total. The average Bonchev–Trinajstić information content (AvgIpc) is 2.53. The number of hydrogen-bond acceptors (Lipinski definition) is 5. The van der Waals surface area contributed by atoms with Crippen LogP contribution in [0.25, 0.3) is 21.6 Å². The smallest absolute Gasteiger partial charge is 0.308 e. The molecule has 0 radical (unpaired) electrons. The number of benzene rings is 2. The minimum absolute atomic E-state index is 0.102. The molecule has 2 aromatic rings. The summed E-state index contributed by atoms with van der Waals surface area (Å²) in [5.41, 5.74) is 10.6. The van der Waals surface area contributed by atoms with Crippen molar-refractivity contribution in [3.05, 3.63) is 52.4 Å². The molecule has 0 bridgehead atoms. The highest BCUT2D eigenvalue weighted by atomic mass is 16.5. The molecule has 0 amide bonds. The van der Waals surface area contributed by atoms with Crippen LogP contribution in [0.15, 0.2) is 41.5 Å². The molecular formula is C17H15N3O4. The number of azide groups is 1. The molecule has 0 N–H and O–H groups in total. The number of rotatable bonds is 4. The summed E-state index contributed by atoms with van der Waals surface area (Å²) in [7, 11) is 0. The summed E-state index contributed by atoms with van der Waals surface area (Å²) in [5.74, 6) is -0.704. The van der Waals surface area contributed by atoms with Crippen LogP contribution in [0.2, 0.25) is 0 Å². The lowest BCUT2D eigenvalue weighted by Crippen LogP contribution is -2.07. The summed E-state index contributed by atoms with van der Waals surface area (Å²) in [4.78, 5) is 25.6. The fourth-order valence-corrected chi connectivity index (χ4v) is 2.22. The van der Waals surface area contributed by atoms with E-state index in [0.29, 0.717) is 11.1 Å². The summed E-state index contributed by atoms with van der Waals surface area (Å²) in [6.07, 6.45) is 0. The highest BCUT2D eigenvalue weighted by Crippen LogP contribution is 2.45. The second-order valence-corrected chi connectivity index (χ2v) is 4.97. The molecule has 7 heteroatoms. The third-order valence-electron chi connectivity index (χ3n) is 3.19. The molecule has 0 unspecified atom stereocenters. The lowest BCUT2D eigenvalue weighted by atomic mass is 10.00. The van der Waals surface area contributed by atoms with Gasteiger partial charge in [0, 0.05) is 29.9 Å². The van der Waals surface area contributed by atoms with E-state index in [1.165, 1.54) is 13.8 Å². The van der Waals surface area contributed by atoms with Gasteiger partial charge in [0.05, 0.1) is 5.69 Å². The molecule has 0 aliphatic heterocycles. The molecule has 122 valence electrons. The van der Waals surface area contributed by atoms with E-state index in [1.807, 2.05) is 18.2 Å². The first-order chi connectivity index (χ1) is 11.4. The van der Waals surface area contributed by atoms with Crippen LogP contribution in [0.4, 0.5) is 5.69 Å². The molecule has 0 fully saturated rings. The van der Waals surface area contributed by atoms with Crippen molar-refractivity contribution < 1.29 is 19.1 Å². The molecule has 2 aromatic carbocycles. The largest absolute Gasteiger partial charge is 0.426 e. The molecule has 0 aliphatic rings. The van der Waals surface area contributed by atoms with Crippen molar-refractivity contribution >= 4 is 17.6 Å². The Bertz CT molecular complexity index is 841. The van der Waals surface area contributed by atoms with Crippen molar-refractivity contribution in [3.8, 4) is 22.6 Å². The molecule has 0 spiro atoms. The van der Waals surface area contributed by atoms with E-state index in [2.05, 4.69) is 10.0 Å². The first-order valence-corrected chi connectivity index (χ1v) is 7.09. The van der Waals surface area contributed by atoms with Gasteiger partial charge in [-0.1, -0.05) is 35.4 Å². The number of ether oxygens (including phenoxy) is 2. The molecule has 0 aromatic heterocycles. The van der Waals surface area contributed by atoms with Gasteiger partial charge in [0.25, 0.3) is 0 Å². The lowest BCUT2D eigenvalue weighted by Gasteiger charge is -2.17. The van der Waals surface area contributed by atoms with Crippen molar-refractivity contribution in [3.63, 3.8) is 0 Å². The van der Waals surface area contributed by atoms with Crippen molar-refractivity contribution in [1.82, 2.24) is 0 Å². The van der Waals surface area contributed by atoms with Crippen LogP contribution in [0.5, 0.6) is 11.5 Å². The SMILES string of the molecule is CC(=O)Oc1cc(-c2ccccc2)c(OC(C)=O)c(N=[N+]=[N-])c1C. The van der Waals surface area contributed by atoms with Gasteiger partial charge in [0.15, 0.2) is 0 Å². The first-order valence-electron chi connectivity index (χ1n) is 7.09. The Balaban J connectivity index is 2.82. The van der Waals surface area contributed by atoms with Gasteiger partial charge in [-0.15, -0.1) is 0 Å². The maximum Gasteiger partial charge on any atom is 0.308 e. The van der Waals surface area contributed by atoms with Crippen LogP contribution >= 0.6 is 0 Å². The van der Waals surface area contributed by atoms with Gasteiger partial charge >= 0.3 is 11.9 Å². The highest BCUT2D eigenvalue weighted by molar-refractivity contribution is 5.86. The van der Waals surface area contributed by atoms with Crippen LogP contribution in [0, 0.1) is 6.92 Å². The number of nitrogens with zero attached hydrogens (tertiary/aromatic N) is 3. The van der Waals surface area contributed by atoms with Gasteiger partial charge < -0.3 is 9.47 Å². The molecule has 24 heavy (non-hydrogen) atoms. The molecule has 2 rings (SSSR count). The predicted molar refractivity (Wildman–Crippen MR) is 88.0 cm³/mol. The van der Waals surface area contributed by atoms with E-state index in [4.69, 9.17) is 15.0 Å². The standard InChI is InChI=1S/C17H15N3O4/c1-10-15(23-11(2)21)9-14(13-7-5-4-6-8-13)17(24-12(3)22)16(10)19-20-18/h4-9H,1-3H3. The van der Waals surface area contributed by atoms with Gasteiger partial charge in [-0.05, 0) is 24.1 Å².